The summed E-state index contributed by atoms with van der Waals surface area (Å²) in [7, 11) is 0. The van der Waals surface area contributed by atoms with Gasteiger partial charge >= 0.3 is 0 Å². The highest BCUT2D eigenvalue weighted by Gasteiger charge is 2.44. The van der Waals surface area contributed by atoms with Crippen molar-refractivity contribution in [1.82, 2.24) is 0 Å². The molecule has 2 aliphatic rings. The van der Waals surface area contributed by atoms with Crippen LogP contribution in [0.3, 0.4) is 0 Å². The molecule has 0 unspecified atom stereocenters. The van der Waals surface area contributed by atoms with Crippen molar-refractivity contribution in [1.29, 1.82) is 0 Å². The van der Waals surface area contributed by atoms with Crippen LogP contribution < -0.4 is 0 Å². The zero-order valence-electron chi connectivity index (χ0n) is 5.01. The van der Waals surface area contributed by atoms with Crippen molar-refractivity contribution in [3.63, 3.8) is 0 Å². The lowest BCUT2D eigenvalue weighted by atomic mass is 9.98. The number of fused-ring (bicyclic) bond motifs is 1. The van der Waals surface area contributed by atoms with Crippen LogP contribution in [0.25, 0.3) is 0 Å². The van der Waals surface area contributed by atoms with Gasteiger partial charge < -0.3 is 5.11 Å². The van der Waals surface area contributed by atoms with E-state index in [1.807, 2.05) is 0 Å². The number of aliphatic hydroxyl groups is 1. The molecular formula is C7H12O. The Balaban J connectivity index is 1.99. The van der Waals surface area contributed by atoms with E-state index in [1.165, 1.54) is 19.3 Å². The standard InChI is InChI=1S/C7H12O/c8-7-3-1-2-5-4-6(5)7/h5-8H,1-4H2/t5-,6-,7+/m1/s1. The second-order valence-corrected chi connectivity index (χ2v) is 3.16. The first-order chi connectivity index (χ1) is 3.88. The van der Waals surface area contributed by atoms with Gasteiger partial charge in [-0.2, -0.15) is 0 Å². The molecule has 0 aromatic heterocycles. The van der Waals surface area contributed by atoms with Crippen molar-refractivity contribution in [2.24, 2.45) is 11.8 Å². The number of rotatable bonds is 0. The van der Waals surface area contributed by atoms with Gasteiger partial charge in [-0.15, -0.1) is 0 Å². The summed E-state index contributed by atoms with van der Waals surface area (Å²) in [5, 5.41) is 9.22. The minimum atomic E-state index is 0.0775. The monoisotopic (exact) mass is 112 g/mol. The van der Waals surface area contributed by atoms with Crippen molar-refractivity contribution in [2.75, 3.05) is 0 Å². The zero-order valence-corrected chi connectivity index (χ0v) is 5.01. The molecule has 1 N–H and O–H groups in total. The summed E-state index contributed by atoms with van der Waals surface area (Å²) in [6, 6.07) is 0. The molecule has 0 heterocycles. The molecule has 0 radical (unpaired) electrons. The lowest BCUT2D eigenvalue weighted by Gasteiger charge is -2.14. The summed E-state index contributed by atoms with van der Waals surface area (Å²) in [4.78, 5) is 0. The highest BCUT2D eigenvalue weighted by atomic mass is 16.3. The van der Waals surface area contributed by atoms with Gasteiger partial charge in [0, 0.05) is 0 Å². The maximum absolute atomic E-state index is 9.22. The second-order valence-electron chi connectivity index (χ2n) is 3.16. The summed E-state index contributed by atoms with van der Waals surface area (Å²) in [6.45, 7) is 0. The first-order valence-electron chi connectivity index (χ1n) is 3.56. The third kappa shape index (κ3) is 0.576. The van der Waals surface area contributed by atoms with Crippen LogP contribution in [0.15, 0.2) is 0 Å². The molecule has 1 heteroatoms. The minimum Gasteiger partial charge on any atom is -0.393 e. The van der Waals surface area contributed by atoms with Gasteiger partial charge in [-0.3, -0.25) is 0 Å². The van der Waals surface area contributed by atoms with Crippen LogP contribution in [0.2, 0.25) is 0 Å². The molecule has 0 aliphatic heterocycles. The van der Waals surface area contributed by atoms with E-state index in [1.54, 1.807) is 0 Å². The van der Waals surface area contributed by atoms with Crippen LogP contribution in [0.5, 0.6) is 0 Å². The number of hydrogen-bond donors (Lipinski definition) is 1. The van der Waals surface area contributed by atoms with E-state index < -0.39 is 0 Å². The Morgan fingerprint density at radius 1 is 1.25 bits per heavy atom. The van der Waals surface area contributed by atoms with E-state index in [-0.39, 0.29) is 6.10 Å². The van der Waals surface area contributed by atoms with Gasteiger partial charge in [-0.1, -0.05) is 6.42 Å². The highest BCUT2D eigenvalue weighted by Crippen LogP contribution is 2.49. The fourth-order valence-electron chi connectivity index (χ4n) is 1.88. The maximum atomic E-state index is 9.22. The van der Waals surface area contributed by atoms with Crippen LogP contribution >= 0.6 is 0 Å². The zero-order chi connectivity index (χ0) is 5.56. The molecule has 0 saturated heterocycles. The molecule has 0 aromatic rings. The van der Waals surface area contributed by atoms with Crippen molar-refractivity contribution in [3.05, 3.63) is 0 Å². The molecule has 2 rings (SSSR count). The average molecular weight is 112 g/mol. The van der Waals surface area contributed by atoms with E-state index in [4.69, 9.17) is 0 Å². The predicted octanol–water partition coefficient (Wildman–Crippen LogP) is 1.17. The Morgan fingerprint density at radius 2 is 2.12 bits per heavy atom. The lowest BCUT2D eigenvalue weighted by molar-refractivity contribution is 0.116. The topological polar surface area (TPSA) is 20.2 Å². The summed E-state index contributed by atoms with van der Waals surface area (Å²) in [6.07, 6.45) is 5.13. The van der Waals surface area contributed by atoms with E-state index in [0.717, 1.165) is 18.3 Å². The third-order valence-electron chi connectivity index (χ3n) is 2.55. The van der Waals surface area contributed by atoms with Gasteiger partial charge in [0.15, 0.2) is 0 Å². The minimum absolute atomic E-state index is 0.0775. The van der Waals surface area contributed by atoms with E-state index >= 15 is 0 Å². The fourth-order valence-corrected chi connectivity index (χ4v) is 1.88. The summed E-state index contributed by atoms with van der Waals surface area (Å²) in [5.74, 6) is 1.66. The lowest BCUT2D eigenvalue weighted by Crippen LogP contribution is -2.14. The molecule has 2 saturated carbocycles. The summed E-state index contributed by atoms with van der Waals surface area (Å²) < 4.78 is 0. The first-order valence-corrected chi connectivity index (χ1v) is 3.56. The molecular weight excluding hydrogens is 100 g/mol. The Bertz CT molecular complexity index is 101. The third-order valence-corrected chi connectivity index (χ3v) is 2.55. The molecule has 0 amide bonds. The fraction of sp³-hybridized carbons (Fsp3) is 1.00. The molecule has 1 nitrogen and oxygen atoms in total. The van der Waals surface area contributed by atoms with Gasteiger partial charge in [-0.25, -0.2) is 0 Å². The largest absolute Gasteiger partial charge is 0.393 e. The Labute approximate surface area is 49.7 Å². The van der Waals surface area contributed by atoms with Crippen LogP contribution in [0.4, 0.5) is 0 Å². The second kappa shape index (κ2) is 1.47. The smallest absolute Gasteiger partial charge is 0.0571 e. The van der Waals surface area contributed by atoms with Crippen LogP contribution in [-0.2, 0) is 0 Å². The van der Waals surface area contributed by atoms with Crippen LogP contribution in [0, 0.1) is 11.8 Å². The summed E-state index contributed by atoms with van der Waals surface area (Å²) >= 11 is 0. The predicted molar refractivity (Wildman–Crippen MR) is 31.5 cm³/mol. The van der Waals surface area contributed by atoms with Crippen molar-refractivity contribution >= 4 is 0 Å². The molecule has 3 atom stereocenters. The normalized spacial score (nSPS) is 52.9. The molecule has 0 aromatic carbocycles. The van der Waals surface area contributed by atoms with Crippen molar-refractivity contribution in [2.45, 2.75) is 31.8 Å². The first kappa shape index (κ1) is 4.80. The molecule has 0 spiro atoms. The van der Waals surface area contributed by atoms with Crippen LogP contribution in [-0.4, -0.2) is 11.2 Å². The van der Waals surface area contributed by atoms with Crippen molar-refractivity contribution < 1.29 is 5.11 Å². The average Bonchev–Trinajstić information content (AvgIpc) is 2.45. The van der Waals surface area contributed by atoms with Gasteiger partial charge in [0.1, 0.15) is 0 Å². The van der Waals surface area contributed by atoms with Gasteiger partial charge in [0.2, 0.25) is 0 Å². The van der Waals surface area contributed by atoms with E-state index in [2.05, 4.69) is 0 Å². The molecule has 8 heavy (non-hydrogen) atoms. The Hall–Kier alpha value is -0.0400. The maximum Gasteiger partial charge on any atom is 0.0571 e. The Morgan fingerprint density at radius 3 is 2.75 bits per heavy atom. The van der Waals surface area contributed by atoms with E-state index in [9.17, 15) is 5.11 Å². The number of hydrogen-bond acceptors (Lipinski definition) is 1. The van der Waals surface area contributed by atoms with Gasteiger partial charge in [-0.05, 0) is 31.1 Å². The van der Waals surface area contributed by atoms with Crippen LogP contribution in [0.1, 0.15) is 25.7 Å². The highest BCUT2D eigenvalue weighted by molar-refractivity contribution is 4.94. The Kier molecular flexibility index (Phi) is 0.884. The molecule has 46 valence electrons. The molecule has 2 fully saturated rings. The van der Waals surface area contributed by atoms with Gasteiger partial charge in [0.25, 0.3) is 0 Å². The SMILES string of the molecule is O[C@H]1CCC[C@@H]2C[C@H]21. The molecule has 0 bridgehead atoms. The molecule has 2 aliphatic carbocycles. The quantitative estimate of drug-likeness (QED) is 0.498. The van der Waals surface area contributed by atoms with E-state index in [0.29, 0.717) is 0 Å². The summed E-state index contributed by atoms with van der Waals surface area (Å²) in [5.41, 5.74) is 0. The van der Waals surface area contributed by atoms with Crippen molar-refractivity contribution in [3.8, 4) is 0 Å². The number of aliphatic hydroxyl groups excluding tert-OH is 1. The van der Waals surface area contributed by atoms with Gasteiger partial charge in [0.05, 0.1) is 6.10 Å².